The van der Waals surface area contributed by atoms with Gasteiger partial charge in [0, 0.05) is 42.7 Å². The van der Waals surface area contributed by atoms with E-state index in [4.69, 9.17) is 25.4 Å². The average molecular weight is 503 g/mol. The van der Waals surface area contributed by atoms with Crippen molar-refractivity contribution in [1.29, 1.82) is 0 Å². The van der Waals surface area contributed by atoms with Crippen molar-refractivity contribution in [3.63, 3.8) is 0 Å². The number of anilines is 3. The number of likely N-dealkylation sites (tertiary alicyclic amines) is 1. The van der Waals surface area contributed by atoms with Crippen LogP contribution in [0, 0.1) is 0 Å². The van der Waals surface area contributed by atoms with E-state index in [1.807, 2.05) is 18.2 Å². The second-order valence-electron chi connectivity index (χ2n) is 10.8. The highest BCUT2D eigenvalue weighted by atomic mass is 16.5. The minimum atomic E-state index is 0.437. The molecule has 1 aromatic carbocycles. The van der Waals surface area contributed by atoms with Crippen molar-refractivity contribution in [1.82, 2.24) is 25.2 Å². The first kappa shape index (κ1) is 24.2. The third kappa shape index (κ3) is 5.02. The van der Waals surface area contributed by atoms with E-state index in [0.29, 0.717) is 30.5 Å². The highest BCUT2D eigenvalue weighted by Crippen LogP contribution is 2.35. The van der Waals surface area contributed by atoms with Gasteiger partial charge in [-0.15, -0.1) is 0 Å². The molecule has 3 fully saturated rings. The molecule has 6 heterocycles. The lowest BCUT2D eigenvalue weighted by atomic mass is 10.0. The summed E-state index contributed by atoms with van der Waals surface area (Å²) in [5, 5.41) is 5.92. The van der Waals surface area contributed by atoms with Crippen LogP contribution in [-0.2, 0) is 13.0 Å². The summed E-state index contributed by atoms with van der Waals surface area (Å²) in [7, 11) is 3.81. The lowest BCUT2D eigenvalue weighted by Crippen LogP contribution is -2.52. The number of nitrogen functional groups attached to an aromatic ring is 1. The fourth-order valence-electron chi connectivity index (χ4n) is 6.21. The lowest BCUT2D eigenvalue weighted by Gasteiger charge is -2.37. The molecule has 37 heavy (non-hydrogen) atoms. The van der Waals surface area contributed by atoms with Crippen LogP contribution < -0.4 is 25.6 Å². The Kier molecular flexibility index (Phi) is 6.73. The molecule has 0 spiro atoms. The number of rotatable bonds is 3. The summed E-state index contributed by atoms with van der Waals surface area (Å²) in [6.07, 6.45) is 6.19. The van der Waals surface area contributed by atoms with Gasteiger partial charge >= 0.3 is 6.01 Å². The molecule has 0 saturated carbocycles. The van der Waals surface area contributed by atoms with Crippen LogP contribution in [0.3, 0.4) is 0 Å². The van der Waals surface area contributed by atoms with Gasteiger partial charge in [0.2, 0.25) is 0 Å². The number of nitrogens with zero attached hydrogens (tertiary/aromatic N) is 6. The Hall–Kier alpha value is -3.17. The number of fused-ring (bicyclic) bond motifs is 4. The zero-order valence-electron chi connectivity index (χ0n) is 22.0. The summed E-state index contributed by atoms with van der Waals surface area (Å²) in [6.45, 7) is 6.15. The summed E-state index contributed by atoms with van der Waals surface area (Å²) in [5.41, 5.74) is 8.39. The predicted molar refractivity (Wildman–Crippen MR) is 148 cm³/mol. The number of nitrogens with two attached hydrogens (primary N) is 1. The van der Waals surface area contributed by atoms with Gasteiger partial charge in [0.05, 0.1) is 19.3 Å². The first-order valence-electron chi connectivity index (χ1n) is 13.6. The van der Waals surface area contributed by atoms with E-state index in [2.05, 4.69) is 39.2 Å². The van der Waals surface area contributed by atoms with Gasteiger partial charge in [0.15, 0.2) is 0 Å². The lowest BCUT2D eigenvalue weighted by molar-refractivity contribution is 0.374. The maximum Gasteiger partial charge on any atom is 0.318 e. The Bertz CT molecular complexity index is 1250. The molecule has 196 valence electrons. The van der Waals surface area contributed by atoms with Crippen molar-refractivity contribution < 1.29 is 4.74 Å². The molecule has 4 aliphatic heterocycles. The van der Waals surface area contributed by atoms with Crippen molar-refractivity contribution in [2.45, 2.75) is 50.7 Å². The summed E-state index contributed by atoms with van der Waals surface area (Å²) in [6, 6.07) is 11.7. The van der Waals surface area contributed by atoms with Crippen LogP contribution in [0.2, 0.25) is 0 Å². The molecule has 9 heteroatoms. The molecule has 0 radical (unpaired) electrons. The molecule has 0 amide bonds. The van der Waals surface area contributed by atoms with Crippen LogP contribution in [0.15, 0.2) is 30.3 Å². The molecule has 2 bridgehead atoms. The van der Waals surface area contributed by atoms with Crippen LogP contribution >= 0.6 is 0 Å². The fraction of sp³-hybridized carbons (Fsp3) is 0.536. The average Bonchev–Trinajstić information content (AvgIpc) is 3.54. The van der Waals surface area contributed by atoms with E-state index < -0.39 is 0 Å². The Labute approximate surface area is 219 Å². The smallest absolute Gasteiger partial charge is 0.318 e. The number of hydrogen-bond donors (Lipinski definition) is 2. The molecule has 9 nitrogen and oxygen atoms in total. The Morgan fingerprint density at radius 1 is 0.946 bits per heavy atom. The van der Waals surface area contributed by atoms with E-state index in [9.17, 15) is 0 Å². The monoisotopic (exact) mass is 502 g/mol. The minimum absolute atomic E-state index is 0.437. The molecule has 3 saturated heterocycles. The van der Waals surface area contributed by atoms with Gasteiger partial charge in [-0.2, -0.15) is 9.97 Å². The third-order valence-corrected chi connectivity index (χ3v) is 8.09. The van der Waals surface area contributed by atoms with Crippen molar-refractivity contribution in [3.05, 3.63) is 41.6 Å². The van der Waals surface area contributed by atoms with Gasteiger partial charge in [0.25, 0.3) is 0 Å². The fourth-order valence-corrected chi connectivity index (χ4v) is 6.21. The van der Waals surface area contributed by atoms with E-state index >= 15 is 0 Å². The molecule has 4 aliphatic rings. The molecule has 0 aliphatic carbocycles. The Balaban J connectivity index is 0.000000372. The number of methoxy groups -OCH3 is 1. The van der Waals surface area contributed by atoms with Crippen LogP contribution in [-0.4, -0.2) is 78.8 Å². The molecular weight excluding hydrogens is 464 g/mol. The molecule has 3 N–H and O–H groups in total. The standard InChI is InChI=1S/C23H27N7O.C5H11N/c1-31-23-26-19-13-29(21-17-5-3-2-4-14(17)10-20(24)27-21)9-8-18(19)22(28-23)30-11-15-6-7-16(12-30)25-15;1-6-4-2-3-5-6/h2-5,10,15-16,25H,6-9,11-13H2,1H3,(H2,24,27);2-5H2,1H3. The largest absolute Gasteiger partial charge is 0.467 e. The highest BCUT2D eigenvalue weighted by molar-refractivity contribution is 5.94. The molecule has 2 aromatic heterocycles. The maximum atomic E-state index is 6.13. The number of hydrogen-bond acceptors (Lipinski definition) is 9. The van der Waals surface area contributed by atoms with E-state index in [1.165, 1.54) is 44.3 Å². The molecule has 2 unspecified atom stereocenters. The molecule has 3 aromatic rings. The second kappa shape index (κ2) is 10.3. The predicted octanol–water partition coefficient (Wildman–Crippen LogP) is 2.83. The van der Waals surface area contributed by atoms with Crippen molar-refractivity contribution in [2.24, 2.45) is 0 Å². The quantitative estimate of drug-likeness (QED) is 0.560. The zero-order valence-corrected chi connectivity index (χ0v) is 22.0. The first-order valence-corrected chi connectivity index (χ1v) is 13.6. The molecule has 7 rings (SSSR count). The third-order valence-electron chi connectivity index (χ3n) is 8.09. The van der Waals surface area contributed by atoms with Crippen molar-refractivity contribution >= 4 is 28.2 Å². The Morgan fingerprint density at radius 2 is 1.70 bits per heavy atom. The van der Waals surface area contributed by atoms with E-state index in [0.717, 1.165) is 54.2 Å². The second-order valence-corrected chi connectivity index (χ2v) is 10.8. The summed E-state index contributed by atoms with van der Waals surface area (Å²) in [5.74, 6) is 2.50. The summed E-state index contributed by atoms with van der Waals surface area (Å²) in [4.78, 5) is 21.3. The first-order chi connectivity index (χ1) is 18.1. The van der Waals surface area contributed by atoms with Crippen molar-refractivity contribution in [2.75, 3.05) is 62.4 Å². The van der Waals surface area contributed by atoms with Crippen LogP contribution in [0.25, 0.3) is 10.8 Å². The van der Waals surface area contributed by atoms with Gasteiger partial charge in [-0.05, 0) is 63.7 Å². The number of aromatic nitrogens is 3. The van der Waals surface area contributed by atoms with Gasteiger partial charge in [-0.25, -0.2) is 4.98 Å². The Morgan fingerprint density at radius 3 is 2.41 bits per heavy atom. The maximum absolute atomic E-state index is 6.13. The number of piperazine rings is 1. The molecule has 2 atom stereocenters. The minimum Gasteiger partial charge on any atom is -0.467 e. The normalized spacial score (nSPS) is 23.1. The van der Waals surface area contributed by atoms with Crippen LogP contribution in [0.5, 0.6) is 6.01 Å². The number of benzene rings is 1. The number of ether oxygens (including phenoxy) is 1. The zero-order chi connectivity index (χ0) is 25.4. The number of nitrogens with one attached hydrogen (secondary N) is 1. The molecular formula is C28H38N8O. The van der Waals surface area contributed by atoms with Crippen LogP contribution in [0.1, 0.15) is 36.9 Å². The van der Waals surface area contributed by atoms with E-state index in [-0.39, 0.29) is 0 Å². The van der Waals surface area contributed by atoms with Crippen molar-refractivity contribution in [3.8, 4) is 6.01 Å². The van der Waals surface area contributed by atoms with E-state index in [1.54, 1.807) is 7.11 Å². The van der Waals surface area contributed by atoms with Gasteiger partial charge in [0.1, 0.15) is 17.5 Å². The highest BCUT2D eigenvalue weighted by Gasteiger charge is 2.35. The summed E-state index contributed by atoms with van der Waals surface area (Å²) >= 11 is 0. The topological polar surface area (TPSA) is 95.7 Å². The van der Waals surface area contributed by atoms with Gasteiger partial charge in [-0.3, -0.25) is 0 Å². The number of pyridine rings is 1. The van der Waals surface area contributed by atoms with Gasteiger partial charge in [-0.1, -0.05) is 24.3 Å². The SMILES string of the molecule is CN1CCCC1.COc1nc2c(c(N3CC4CCC(C3)N4)n1)CCN(c1nc(N)cc3ccccc13)C2. The van der Waals surface area contributed by atoms with Gasteiger partial charge < -0.3 is 30.5 Å². The van der Waals surface area contributed by atoms with Crippen LogP contribution in [0.4, 0.5) is 17.5 Å². The summed E-state index contributed by atoms with van der Waals surface area (Å²) < 4.78 is 5.49.